The molecule has 0 bridgehead atoms. The Morgan fingerprint density at radius 2 is 1.97 bits per heavy atom. The lowest BCUT2D eigenvalue weighted by Crippen LogP contribution is -2.45. The summed E-state index contributed by atoms with van der Waals surface area (Å²) in [5.74, 6) is -0.117. The number of nitrogens with zero attached hydrogens (tertiary/aromatic N) is 2. The predicted molar refractivity (Wildman–Crippen MR) is 115 cm³/mol. The normalized spacial score (nSPS) is 17.5. The number of hydrogen-bond acceptors (Lipinski definition) is 5. The molecule has 4 rings (SSSR count). The molecule has 1 saturated heterocycles. The molecule has 164 valence electrons. The second kappa shape index (κ2) is 9.07. The molecule has 2 aromatic heterocycles. The Morgan fingerprint density at radius 3 is 2.68 bits per heavy atom. The summed E-state index contributed by atoms with van der Waals surface area (Å²) in [4.78, 5) is 12.7. The zero-order valence-electron chi connectivity index (χ0n) is 17.4. The molecule has 1 aromatic carbocycles. The molecule has 9 heteroatoms. The van der Waals surface area contributed by atoms with Gasteiger partial charge in [-0.25, -0.2) is 8.42 Å². The van der Waals surface area contributed by atoms with Gasteiger partial charge in [-0.1, -0.05) is 31.2 Å². The molecule has 2 N–H and O–H groups in total. The summed E-state index contributed by atoms with van der Waals surface area (Å²) in [5.41, 5.74) is 2.87. The van der Waals surface area contributed by atoms with Crippen LogP contribution < -0.4 is 5.32 Å². The van der Waals surface area contributed by atoms with E-state index in [1.165, 1.54) is 15.9 Å². The van der Waals surface area contributed by atoms with E-state index < -0.39 is 10.0 Å². The highest BCUT2D eigenvalue weighted by molar-refractivity contribution is 7.89. The number of amides is 1. The Balaban J connectivity index is 1.39. The quantitative estimate of drug-likeness (QED) is 0.585. The molecular weight excluding hydrogens is 416 g/mol. The zero-order chi connectivity index (χ0) is 21.8. The van der Waals surface area contributed by atoms with Crippen LogP contribution in [0, 0.1) is 5.92 Å². The summed E-state index contributed by atoms with van der Waals surface area (Å²) in [5, 5.41) is 9.41. The summed E-state index contributed by atoms with van der Waals surface area (Å²) >= 11 is 0. The number of benzene rings is 1. The van der Waals surface area contributed by atoms with Crippen molar-refractivity contribution in [2.75, 3.05) is 13.1 Å². The van der Waals surface area contributed by atoms with E-state index in [9.17, 15) is 13.2 Å². The van der Waals surface area contributed by atoms with Gasteiger partial charge in [-0.3, -0.25) is 9.89 Å². The van der Waals surface area contributed by atoms with Crippen molar-refractivity contribution in [1.82, 2.24) is 19.8 Å². The van der Waals surface area contributed by atoms with Crippen molar-refractivity contribution in [2.24, 2.45) is 5.92 Å². The maximum Gasteiger partial charge on any atom is 0.276 e. The van der Waals surface area contributed by atoms with Crippen molar-refractivity contribution >= 4 is 15.9 Å². The number of aryl methyl sites for hydroxylation is 1. The Hall–Kier alpha value is -2.91. The van der Waals surface area contributed by atoms with E-state index in [0.29, 0.717) is 37.4 Å². The van der Waals surface area contributed by atoms with Crippen LogP contribution in [0.25, 0.3) is 11.5 Å². The largest absolute Gasteiger partial charge is 0.442 e. The van der Waals surface area contributed by atoms with Crippen molar-refractivity contribution in [3.63, 3.8) is 0 Å². The summed E-state index contributed by atoms with van der Waals surface area (Å²) in [6.45, 7) is 3.03. The van der Waals surface area contributed by atoms with Gasteiger partial charge >= 0.3 is 0 Å². The molecule has 3 aromatic rings. The molecule has 31 heavy (non-hydrogen) atoms. The molecule has 0 radical (unpaired) electrons. The molecule has 1 atom stereocenters. The number of rotatable bonds is 7. The van der Waals surface area contributed by atoms with Gasteiger partial charge < -0.3 is 9.73 Å². The number of piperidine rings is 1. The highest BCUT2D eigenvalue weighted by Crippen LogP contribution is 2.28. The van der Waals surface area contributed by atoms with E-state index in [0.717, 1.165) is 12.0 Å². The van der Waals surface area contributed by atoms with Crippen LogP contribution in [0.5, 0.6) is 0 Å². The smallest absolute Gasteiger partial charge is 0.276 e. The standard InChI is InChI=1S/C22H26N4O4S/c1-2-16-5-7-17(8-6-16)14-23-22(27)18-4-3-13-26(15-18)31(28,29)21-10-9-20(30-21)19-11-12-24-25-19/h5-12,18H,2-4,13-15H2,1H3,(H,23,27)(H,24,25)/t18-/m1/s1. The third-order valence-corrected chi connectivity index (χ3v) is 7.33. The fraction of sp³-hybridized carbons (Fsp3) is 0.364. The van der Waals surface area contributed by atoms with Crippen LogP contribution in [0.15, 0.2) is 58.2 Å². The van der Waals surface area contributed by atoms with Crippen molar-refractivity contribution < 1.29 is 17.6 Å². The van der Waals surface area contributed by atoms with Gasteiger partial charge in [0.05, 0.1) is 5.92 Å². The molecule has 0 aliphatic carbocycles. The van der Waals surface area contributed by atoms with Crippen LogP contribution in [-0.4, -0.2) is 41.9 Å². The first-order chi connectivity index (χ1) is 15.0. The monoisotopic (exact) mass is 442 g/mol. The van der Waals surface area contributed by atoms with E-state index in [1.54, 1.807) is 18.3 Å². The van der Waals surface area contributed by atoms with Crippen molar-refractivity contribution in [2.45, 2.75) is 37.8 Å². The summed E-state index contributed by atoms with van der Waals surface area (Å²) in [6.07, 6.45) is 3.82. The number of hydrogen-bond donors (Lipinski definition) is 2. The van der Waals surface area contributed by atoms with Gasteiger partial charge in [-0.15, -0.1) is 0 Å². The second-order valence-electron chi connectivity index (χ2n) is 7.68. The van der Waals surface area contributed by atoms with E-state index in [4.69, 9.17) is 4.42 Å². The van der Waals surface area contributed by atoms with Gasteiger partial charge in [0.25, 0.3) is 10.0 Å². The van der Waals surface area contributed by atoms with Gasteiger partial charge in [0.1, 0.15) is 5.69 Å². The molecule has 0 spiro atoms. The fourth-order valence-electron chi connectivity index (χ4n) is 3.72. The van der Waals surface area contributed by atoms with Gasteiger partial charge in [0.2, 0.25) is 11.0 Å². The van der Waals surface area contributed by atoms with E-state index in [-0.39, 0.29) is 23.5 Å². The maximum atomic E-state index is 13.1. The number of carbonyl (C=O) groups excluding carboxylic acids is 1. The van der Waals surface area contributed by atoms with Crippen LogP contribution in [0.4, 0.5) is 0 Å². The molecule has 0 saturated carbocycles. The molecule has 0 unspecified atom stereocenters. The highest BCUT2D eigenvalue weighted by Gasteiger charge is 2.35. The first kappa shape index (κ1) is 21.3. The second-order valence-corrected chi connectivity index (χ2v) is 9.55. The van der Waals surface area contributed by atoms with Gasteiger partial charge in [-0.2, -0.15) is 9.40 Å². The Kier molecular flexibility index (Phi) is 6.24. The lowest BCUT2D eigenvalue weighted by Gasteiger charge is -2.30. The SMILES string of the molecule is CCc1ccc(CNC(=O)[C@@H]2CCCN(S(=O)(=O)c3ccc(-c4ccn[nH]4)o3)C2)cc1. The van der Waals surface area contributed by atoms with Crippen LogP contribution in [-0.2, 0) is 27.8 Å². The topological polar surface area (TPSA) is 108 Å². The number of aromatic amines is 1. The molecule has 1 amide bonds. The van der Waals surface area contributed by atoms with Gasteiger partial charge in [-0.05, 0) is 48.6 Å². The molecule has 1 fully saturated rings. The number of sulfonamides is 1. The maximum absolute atomic E-state index is 13.1. The van der Waals surface area contributed by atoms with Crippen molar-refractivity contribution in [3.05, 3.63) is 59.8 Å². The van der Waals surface area contributed by atoms with Crippen LogP contribution in [0.3, 0.4) is 0 Å². The predicted octanol–water partition coefficient (Wildman–Crippen LogP) is 2.95. The summed E-state index contributed by atoms with van der Waals surface area (Å²) < 4.78 is 33.0. The minimum absolute atomic E-state index is 0.128. The average Bonchev–Trinajstić information content (AvgIpc) is 3.50. The first-order valence-electron chi connectivity index (χ1n) is 10.4. The number of H-pyrrole nitrogens is 1. The minimum atomic E-state index is -3.82. The molecule has 8 nitrogen and oxygen atoms in total. The van der Waals surface area contributed by atoms with Gasteiger partial charge in [0, 0.05) is 25.8 Å². The van der Waals surface area contributed by atoms with Crippen LogP contribution >= 0.6 is 0 Å². The number of aromatic nitrogens is 2. The van der Waals surface area contributed by atoms with Gasteiger partial charge in [0.15, 0.2) is 5.76 Å². The zero-order valence-corrected chi connectivity index (χ0v) is 18.2. The van der Waals surface area contributed by atoms with Crippen LogP contribution in [0.2, 0.25) is 0 Å². The lowest BCUT2D eigenvalue weighted by atomic mass is 9.98. The third-order valence-electron chi connectivity index (χ3n) is 5.59. The average molecular weight is 443 g/mol. The van der Waals surface area contributed by atoms with E-state index in [1.807, 2.05) is 12.1 Å². The van der Waals surface area contributed by atoms with Crippen molar-refractivity contribution in [1.29, 1.82) is 0 Å². The number of carbonyl (C=O) groups is 1. The highest BCUT2D eigenvalue weighted by atomic mass is 32.2. The van der Waals surface area contributed by atoms with Crippen molar-refractivity contribution in [3.8, 4) is 11.5 Å². The Labute approximate surface area is 181 Å². The molecular formula is C22H26N4O4S. The Bertz CT molecular complexity index is 1120. The minimum Gasteiger partial charge on any atom is -0.442 e. The van der Waals surface area contributed by atoms with E-state index >= 15 is 0 Å². The summed E-state index contributed by atoms with van der Waals surface area (Å²) in [7, 11) is -3.82. The third kappa shape index (κ3) is 4.72. The van der Waals surface area contributed by atoms with E-state index in [2.05, 4.69) is 34.6 Å². The number of furan rings is 1. The first-order valence-corrected chi connectivity index (χ1v) is 11.9. The molecule has 1 aliphatic rings. The summed E-state index contributed by atoms with van der Waals surface area (Å²) in [6, 6.07) is 12.9. The van der Waals surface area contributed by atoms with Crippen LogP contribution in [0.1, 0.15) is 30.9 Å². The lowest BCUT2D eigenvalue weighted by molar-refractivity contribution is -0.126. The molecule has 3 heterocycles. The fourth-order valence-corrected chi connectivity index (χ4v) is 5.16. The number of nitrogens with one attached hydrogen (secondary N) is 2. The Morgan fingerprint density at radius 1 is 1.19 bits per heavy atom. The molecule has 1 aliphatic heterocycles.